The Bertz CT molecular complexity index is 462. The molecule has 20 heavy (non-hydrogen) atoms. The Balaban J connectivity index is 1.78. The lowest BCUT2D eigenvalue weighted by Crippen LogP contribution is -2.35. The van der Waals surface area contributed by atoms with Crippen LogP contribution >= 0.6 is 0 Å². The van der Waals surface area contributed by atoms with Gasteiger partial charge in [0.1, 0.15) is 5.75 Å². The molecule has 2 aliphatic rings. The Kier molecular flexibility index (Phi) is 3.99. The number of benzene rings is 1. The fourth-order valence-corrected chi connectivity index (χ4v) is 4.36. The number of fused-ring (bicyclic) bond motifs is 2. The number of ether oxygens (including phenoxy) is 1. The number of nitrogens with two attached hydrogens (primary N) is 1. The second kappa shape index (κ2) is 5.74. The van der Waals surface area contributed by atoms with E-state index in [4.69, 9.17) is 10.5 Å². The first kappa shape index (κ1) is 13.9. The minimum absolute atomic E-state index is 0.0226. The molecule has 2 bridgehead atoms. The average molecular weight is 275 g/mol. The third-order valence-electron chi connectivity index (χ3n) is 5.42. The fraction of sp³-hybridized carbons (Fsp3) is 0.647. The molecule has 0 heterocycles. The van der Waals surface area contributed by atoms with Crippen LogP contribution < -0.4 is 10.5 Å². The Labute approximate surface area is 121 Å². The van der Waals surface area contributed by atoms with Crippen LogP contribution in [0.5, 0.6) is 5.75 Å². The first-order chi connectivity index (χ1) is 9.72. The number of hydrogen-bond acceptors (Lipinski definition) is 3. The van der Waals surface area contributed by atoms with Crippen molar-refractivity contribution in [2.45, 2.75) is 37.7 Å². The molecule has 0 spiro atoms. The molecule has 5 unspecified atom stereocenters. The molecule has 0 saturated heterocycles. The maximum Gasteiger partial charge on any atom is 0.119 e. The SMILES string of the molecule is COc1cccc(C(CN)C(O)C2CC3CCC2C3)c1. The molecule has 2 fully saturated rings. The Morgan fingerprint density at radius 2 is 2.20 bits per heavy atom. The molecule has 3 N–H and O–H groups in total. The molecule has 1 aromatic rings. The van der Waals surface area contributed by atoms with Crippen LogP contribution in [0.1, 0.15) is 37.2 Å². The van der Waals surface area contributed by atoms with Gasteiger partial charge in [0, 0.05) is 12.5 Å². The third kappa shape index (κ3) is 2.45. The van der Waals surface area contributed by atoms with Gasteiger partial charge in [-0.3, -0.25) is 0 Å². The normalized spacial score (nSPS) is 31.2. The largest absolute Gasteiger partial charge is 0.497 e. The summed E-state index contributed by atoms with van der Waals surface area (Å²) >= 11 is 0. The van der Waals surface area contributed by atoms with Crippen molar-refractivity contribution in [1.82, 2.24) is 0 Å². The van der Waals surface area contributed by atoms with E-state index >= 15 is 0 Å². The molecule has 2 aliphatic carbocycles. The summed E-state index contributed by atoms with van der Waals surface area (Å²) in [4.78, 5) is 0. The van der Waals surface area contributed by atoms with Crippen LogP contribution in [0.4, 0.5) is 0 Å². The summed E-state index contributed by atoms with van der Waals surface area (Å²) in [5.41, 5.74) is 7.06. The summed E-state index contributed by atoms with van der Waals surface area (Å²) < 4.78 is 5.28. The van der Waals surface area contributed by atoms with E-state index in [9.17, 15) is 5.11 Å². The Morgan fingerprint density at radius 3 is 2.80 bits per heavy atom. The summed E-state index contributed by atoms with van der Waals surface area (Å²) in [5.74, 6) is 2.86. The van der Waals surface area contributed by atoms with Gasteiger partial charge in [-0.25, -0.2) is 0 Å². The lowest BCUT2D eigenvalue weighted by atomic mass is 9.77. The van der Waals surface area contributed by atoms with Gasteiger partial charge >= 0.3 is 0 Å². The molecule has 0 aromatic heterocycles. The zero-order chi connectivity index (χ0) is 14.1. The molecule has 3 nitrogen and oxygen atoms in total. The minimum atomic E-state index is -0.317. The van der Waals surface area contributed by atoms with Crippen LogP contribution in [0.2, 0.25) is 0 Å². The van der Waals surface area contributed by atoms with Crippen molar-refractivity contribution in [3.8, 4) is 5.75 Å². The van der Waals surface area contributed by atoms with E-state index < -0.39 is 0 Å². The average Bonchev–Trinajstić information content (AvgIpc) is 3.11. The third-order valence-corrected chi connectivity index (χ3v) is 5.42. The van der Waals surface area contributed by atoms with Gasteiger partial charge in [-0.05, 0) is 54.7 Å². The molecular formula is C17H25NO2. The van der Waals surface area contributed by atoms with Gasteiger partial charge in [-0.15, -0.1) is 0 Å². The number of rotatable bonds is 5. The summed E-state index contributed by atoms with van der Waals surface area (Å²) in [7, 11) is 1.67. The predicted octanol–water partition coefficient (Wildman–Crippen LogP) is 2.53. The first-order valence-electron chi connectivity index (χ1n) is 7.75. The first-order valence-corrected chi connectivity index (χ1v) is 7.75. The summed E-state index contributed by atoms with van der Waals surface area (Å²) in [5, 5.41) is 10.8. The lowest BCUT2D eigenvalue weighted by molar-refractivity contribution is 0.0532. The molecule has 0 radical (unpaired) electrons. The van der Waals surface area contributed by atoms with Crippen molar-refractivity contribution in [2.75, 3.05) is 13.7 Å². The van der Waals surface area contributed by atoms with Crippen LogP contribution in [0.15, 0.2) is 24.3 Å². The van der Waals surface area contributed by atoms with Gasteiger partial charge in [0.25, 0.3) is 0 Å². The van der Waals surface area contributed by atoms with Gasteiger partial charge in [0.15, 0.2) is 0 Å². The van der Waals surface area contributed by atoms with Crippen molar-refractivity contribution in [3.63, 3.8) is 0 Å². The van der Waals surface area contributed by atoms with Gasteiger partial charge in [0.05, 0.1) is 13.2 Å². The zero-order valence-electron chi connectivity index (χ0n) is 12.2. The van der Waals surface area contributed by atoms with E-state index in [1.807, 2.05) is 18.2 Å². The summed E-state index contributed by atoms with van der Waals surface area (Å²) in [6, 6.07) is 7.97. The second-order valence-electron chi connectivity index (χ2n) is 6.45. The Morgan fingerprint density at radius 1 is 1.35 bits per heavy atom. The standard InChI is InChI=1S/C17H25NO2/c1-20-14-4-2-3-12(9-14)16(10-18)17(19)15-8-11-5-6-13(15)7-11/h2-4,9,11,13,15-17,19H,5-8,10,18H2,1H3. The van der Waals surface area contributed by atoms with E-state index in [0.717, 1.165) is 23.1 Å². The quantitative estimate of drug-likeness (QED) is 0.868. The monoisotopic (exact) mass is 275 g/mol. The van der Waals surface area contributed by atoms with Crippen LogP contribution in [0.3, 0.4) is 0 Å². The number of aliphatic hydroxyl groups excluding tert-OH is 1. The van der Waals surface area contributed by atoms with Gasteiger partial charge in [0.2, 0.25) is 0 Å². The highest BCUT2D eigenvalue weighted by Gasteiger charge is 2.44. The van der Waals surface area contributed by atoms with E-state index in [2.05, 4.69) is 6.07 Å². The summed E-state index contributed by atoms with van der Waals surface area (Å²) in [6.07, 6.45) is 4.84. The molecule has 0 amide bonds. The van der Waals surface area contributed by atoms with Crippen LogP contribution in [0, 0.1) is 17.8 Å². The molecule has 5 atom stereocenters. The zero-order valence-corrected chi connectivity index (χ0v) is 12.2. The molecule has 110 valence electrons. The summed E-state index contributed by atoms with van der Waals surface area (Å²) in [6.45, 7) is 0.488. The van der Waals surface area contributed by atoms with Crippen LogP contribution in [-0.2, 0) is 0 Å². The van der Waals surface area contributed by atoms with Crippen molar-refractivity contribution in [2.24, 2.45) is 23.5 Å². The maximum atomic E-state index is 10.8. The molecular weight excluding hydrogens is 250 g/mol. The number of methoxy groups -OCH3 is 1. The lowest BCUT2D eigenvalue weighted by Gasteiger charge is -2.32. The van der Waals surface area contributed by atoms with Gasteiger partial charge < -0.3 is 15.6 Å². The highest BCUT2D eigenvalue weighted by atomic mass is 16.5. The minimum Gasteiger partial charge on any atom is -0.497 e. The molecule has 3 heteroatoms. The molecule has 3 rings (SSSR count). The smallest absolute Gasteiger partial charge is 0.119 e. The predicted molar refractivity (Wildman–Crippen MR) is 79.7 cm³/mol. The van der Waals surface area contributed by atoms with Crippen molar-refractivity contribution < 1.29 is 9.84 Å². The Hall–Kier alpha value is -1.06. The topological polar surface area (TPSA) is 55.5 Å². The molecule has 1 aromatic carbocycles. The second-order valence-corrected chi connectivity index (χ2v) is 6.45. The highest BCUT2D eigenvalue weighted by molar-refractivity contribution is 5.32. The van der Waals surface area contributed by atoms with E-state index in [1.54, 1.807) is 7.11 Å². The van der Waals surface area contributed by atoms with E-state index in [1.165, 1.54) is 25.7 Å². The number of hydrogen-bond donors (Lipinski definition) is 2. The van der Waals surface area contributed by atoms with Crippen molar-refractivity contribution in [3.05, 3.63) is 29.8 Å². The fourth-order valence-electron chi connectivity index (χ4n) is 4.36. The molecule has 2 saturated carbocycles. The van der Waals surface area contributed by atoms with Gasteiger partial charge in [-0.2, -0.15) is 0 Å². The van der Waals surface area contributed by atoms with E-state index in [0.29, 0.717) is 12.5 Å². The van der Waals surface area contributed by atoms with Gasteiger partial charge in [-0.1, -0.05) is 18.6 Å². The highest BCUT2D eigenvalue weighted by Crippen LogP contribution is 2.51. The molecule has 0 aliphatic heterocycles. The van der Waals surface area contributed by atoms with Crippen molar-refractivity contribution in [1.29, 1.82) is 0 Å². The van der Waals surface area contributed by atoms with Crippen LogP contribution in [-0.4, -0.2) is 24.9 Å². The number of aliphatic hydroxyl groups is 1. The maximum absolute atomic E-state index is 10.8. The van der Waals surface area contributed by atoms with E-state index in [-0.39, 0.29) is 12.0 Å². The van der Waals surface area contributed by atoms with Crippen LogP contribution in [0.25, 0.3) is 0 Å². The van der Waals surface area contributed by atoms with Crippen molar-refractivity contribution >= 4 is 0 Å².